The molecule has 0 aromatic heterocycles. The summed E-state index contributed by atoms with van der Waals surface area (Å²) in [7, 11) is 0. The average Bonchev–Trinajstić information content (AvgIpc) is 2.07. The standard InChI is InChI=1S/C8H14O5/c1-5(9)13-4-7-8(11)6(10)2-3-12-7/h6-8,10-11H,2-4H2,1H3/t6-,7?,8-/m1/s1. The van der Waals surface area contributed by atoms with Gasteiger partial charge in [0, 0.05) is 13.5 Å². The van der Waals surface area contributed by atoms with Crippen LogP contribution in [0.15, 0.2) is 0 Å². The van der Waals surface area contributed by atoms with Gasteiger partial charge in [0.2, 0.25) is 0 Å². The van der Waals surface area contributed by atoms with E-state index in [2.05, 4.69) is 4.74 Å². The van der Waals surface area contributed by atoms with Crippen LogP contribution in [0, 0.1) is 0 Å². The topological polar surface area (TPSA) is 76.0 Å². The van der Waals surface area contributed by atoms with Crippen molar-refractivity contribution in [3.63, 3.8) is 0 Å². The third kappa shape index (κ3) is 2.95. The van der Waals surface area contributed by atoms with Crippen molar-refractivity contribution < 1.29 is 24.5 Å². The van der Waals surface area contributed by atoms with E-state index in [4.69, 9.17) is 4.74 Å². The van der Waals surface area contributed by atoms with Gasteiger partial charge in [0.15, 0.2) is 0 Å². The molecule has 1 heterocycles. The SMILES string of the molecule is CC(=O)OCC1OCC[C@@H](O)[C@H]1O. The van der Waals surface area contributed by atoms with E-state index >= 15 is 0 Å². The average molecular weight is 190 g/mol. The third-order valence-electron chi connectivity index (χ3n) is 1.97. The Bertz CT molecular complexity index is 181. The van der Waals surface area contributed by atoms with Crippen LogP contribution in [0.1, 0.15) is 13.3 Å². The molecule has 1 unspecified atom stereocenters. The van der Waals surface area contributed by atoms with Gasteiger partial charge in [-0.2, -0.15) is 0 Å². The normalized spacial score (nSPS) is 34.2. The second kappa shape index (κ2) is 4.55. The van der Waals surface area contributed by atoms with E-state index < -0.39 is 24.3 Å². The van der Waals surface area contributed by atoms with Gasteiger partial charge in [0.05, 0.1) is 6.10 Å². The minimum Gasteiger partial charge on any atom is -0.463 e. The van der Waals surface area contributed by atoms with Gasteiger partial charge in [0.1, 0.15) is 18.8 Å². The molecule has 3 atom stereocenters. The van der Waals surface area contributed by atoms with Crippen LogP contribution >= 0.6 is 0 Å². The Morgan fingerprint density at radius 2 is 2.31 bits per heavy atom. The molecule has 0 aromatic carbocycles. The molecule has 2 N–H and O–H groups in total. The Hall–Kier alpha value is -0.650. The lowest BCUT2D eigenvalue weighted by Crippen LogP contribution is -2.46. The highest BCUT2D eigenvalue weighted by Crippen LogP contribution is 2.14. The van der Waals surface area contributed by atoms with Crippen LogP contribution in [0.4, 0.5) is 0 Å². The lowest BCUT2D eigenvalue weighted by atomic mass is 10.0. The van der Waals surface area contributed by atoms with Crippen molar-refractivity contribution in [2.24, 2.45) is 0 Å². The van der Waals surface area contributed by atoms with Crippen molar-refractivity contribution in [3.05, 3.63) is 0 Å². The molecule has 0 radical (unpaired) electrons. The number of hydrogen-bond acceptors (Lipinski definition) is 5. The summed E-state index contributed by atoms with van der Waals surface area (Å²) >= 11 is 0. The molecule has 5 heteroatoms. The summed E-state index contributed by atoms with van der Waals surface area (Å²) in [5, 5.41) is 18.6. The van der Waals surface area contributed by atoms with Crippen LogP contribution in [0.5, 0.6) is 0 Å². The number of carbonyl (C=O) groups is 1. The Balaban J connectivity index is 2.35. The summed E-state index contributed by atoms with van der Waals surface area (Å²) in [6, 6.07) is 0. The van der Waals surface area contributed by atoms with E-state index in [0.29, 0.717) is 13.0 Å². The smallest absolute Gasteiger partial charge is 0.302 e. The molecule has 13 heavy (non-hydrogen) atoms. The van der Waals surface area contributed by atoms with Crippen LogP contribution in [0.2, 0.25) is 0 Å². The lowest BCUT2D eigenvalue weighted by molar-refractivity contribution is -0.167. The predicted octanol–water partition coefficient (Wildman–Crippen LogP) is -0.940. The van der Waals surface area contributed by atoms with Crippen LogP contribution in [-0.4, -0.2) is 47.7 Å². The maximum absolute atomic E-state index is 10.5. The minimum absolute atomic E-state index is 0.00639. The van der Waals surface area contributed by atoms with Crippen LogP contribution in [0.3, 0.4) is 0 Å². The Morgan fingerprint density at radius 1 is 1.62 bits per heavy atom. The van der Waals surface area contributed by atoms with E-state index in [1.165, 1.54) is 6.92 Å². The van der Waals surface area contributed by atoms with Crippen molar-refractivity contribution in [3.8, 4) is 0 Å². The molecule has 76 valence electrons. The lowest BCUT2D eigenvalue weighted by Gasteiger charge is -2.31. The Labute approximate surface area is 76.3 Å². The molecule has 0 aromatic rings. The molecule has 0 amide bonds. The second-order valence-electron chi connectivity index (χ2n) is 3.06. The number of aliphatic hydroxyl groups excluding tert-OH is 2. The Morgan fingerprint density at radius 3 is 2.92 bits per heavy atom. The van der Waals surface area contributed by atoms with Gasteiger partial charge in [-0.25, -0.2) is 0 Å². The van der Waals surface area contributed by atoms with E-state index in [-0.39, 0.29) is 6.61 Å². The fourth-order valence-corrected chi connectivity index (χ4v) is 1.20. The molecule has 0 spiro atoms. The first-order valence-electron chi connectivity index (χ1n) is 4.22. The van der Waals surface area contributed by atoms with Crippen molar-refractivity contribution in [2.45, 2.75) is 31.7 Å². The number of ether oxygens (including phenoxy) is 2. The molecule has 1 saturated heterocycles. The fourth-order valence-electron chi connectivity index (χ4n) is 1.20. The highest BCUT2D eigenvalue weighted by Gasteiger charge is 2.31. The molecule has 1 rings (SSSR count). The van der Waals surface area contributed by atoms with Gasteiger partial charge >= 0.3 is 5.97 Å². The first-order chi connectivity index (χ1) is 6.11. The first-order valence-corrected chi connectivity index (χ1v) is 4.22. The van der Waals surface area contributed by atoms with E-state index in [9.17, 15) is 15.0 Å². The van der Waals surface area contributed by atoms with E-state index in [1.807, 2.05) is 0 Å². The number of aliphatic hydroxyl groups is 2. The number of carbonyl (C=O) groups excluding carboxylic acids is 1. The summed E-state index contributed by atoms with van der Waals surface area (Å²) in [5.74, 6) is -0.420. The van der Waals surface area contributed by atoms with Gasteiger partial charge < -0.3 is 19.7 Å². The molecule has 1 aliphatic heterocycles. The van der Waals surface area contributed by atoms with Gasteiger partial charge in [-0.3, -0.25) is 4.79 Å². The number of hydrogen-bond donors (Lipinski definition) is 2. The van der Waals surface area contributed by atoms with Gasteiger partial charge in [-0.05, 0) is 6.42 Å². The summed E-state index contributed by atoms with van der Waals surface area (Å²) in [4.78, 5) is 10.5. The molecule has 0 aliphatic carbocycles. The Kier molecular flexibility index (Phi) is 3.65. The van der Waals surface area contributed by atoms with Crippen molar-refractivity contribution >= 4 is 5.97 Å². The van der Waals surface area contributed by atoms with Crippen molar-refractivity contribution in [1.29, 1.82) is 0 Å². The second-order valence-corrected chi connectivity index (χ2v) is 3.06. The summed E-state index contributed by atoms with van der Waals surface area (Å²) < 4.78 is 9.79. The zero-order chi connectivity index (χ0) is 9.84. The van der Waals surface area contributed by atoms with Crippen LogP contribution < -0.4 is 0 Å². The van der Waals surface area contributed by atoms with Gasteiger partial charge in [0.25, 0.3) is 0 Å². The maximum Gasteiger partial charge on any atom is 0.302 e. The highest BCUT2D eigenvalue weighted by molar-refractivity contribution is 5.65. The van der Waals surface area contributed by atoms with Crippen molar-refractivity contribution in [1.82, 2.24) is 0 Å². The quantitative estimate of drug-likeness (QED) is 0.550. The van der Waals surface area contributed by atoms with Crippen LogP contribution in [-0.2, 0) is 14.3 Å². The number of esters is 1. The first kappa shape index (κ1) is 10.4. The minimum atomic E-state index is -0.965. The van der Waals surface area contributed by atoms with E-state index in [0.717, 1.165) is 0 Å². The monoisotopic (exact) mass is 190 g/mol. The molecule has 5 nitrogen and oxygen atoms in total. The predicted molar refractivity (Wildman–Crippen MR) is 43.0 cm³/mol. The molecule has 1 aliphatic rings. The summed E-state index contributed by atoms with van der Waals surface area (Å²) in [6.07, 6.45) is -1.94. The van der Waals surface area contributed by atoms with Crippen LogP contribution in [0.25, 0.3) is 0 Å². The molecule has 1 fully saturated rings. The van der Waals surface area contributed by atoms with Crippen molar-refractivity contribution in [2.75, 3.05) is 13.2 Å². The fraction of sp³-hybridized carbons (Fsp3) is 0.875. The van der Waals surface area contributed by atoms with Gasteiger partial charge in [-0.15, -0.1) is 0 Å². The third-order valence-corrected chi connectivity index (χ3v) is 1.97. The molecule has 0 saturated carbocycles. The molecule has 0 bridgehead atoms. The summed E-state index contributed by atoms with van der Waals surface area (Å²) in [5.41, 5.74) is 0. The zero-order valence-corrected chi connectivity index (χ0v) is 7.47. The van der Waals surface area contributed by atoms with Gasteiger partial charge in [-0.1, -0.05) is 0 Å². The molecular weight excluding hydrogens is 176 g/mol. The largest absolute Gasteiger partial charge is 0.463 e. The maximum atomic E-state index is 10.5. The summed E-state index contributed by atoms with van der Waals surface area (Å²) in [6.45, 7) is 1.66. The molecular formula is C8H14O5. The zero-order valence-electron chi connectivity index (χ0n) is 7.47. The van der Waals surface area contributed by atoms with E-state index in [1.54, 1.807) is 0 Å². The highest BCUT2D eigenvalue weighted by atomic mass is 16.6. The number of rotatable bonds is 2.